The lowest BCUT2D eigenvalue weighted by Crippen LogP contribution is -2.23. The highest BCUT2D eigenvalue weighted by Crippen LogP contribution is 2.19. The molecule has 5 heteroatoms. The lowest BCUT2D eigenvalue weighted by atomic mass is 10.1. The zero-order valence-electron chi connectivity index (χ0n) is 15.3. The Morgan fingerprint density at radius 2 is 1.85 bits per heavy atom. The number of carbonyl (C=O) groups is 1. The highest BCUT2D eigenvalue weighted by atomic mass is 16.3. The first-order valence-electron chi connectivity index (χ1n) is 8.60. The molecule has 0 saturated carbocycles. The molecule has 26 heavy (non-hydrogen) atoms. The zero-order valence-corrected chi connectivity index (χ0v) is 15.3. The van der Waals surface area contributed by atoms with Crippen LogP contribution in [-0.2, 0) is 13.1 Å². The number of rotatable bonds is 5. The molecule has 0 spiro atoms. The molecule has 2 aromatic carbocycles. The van der Waals surface area contributed by atoms with Gasteiger partial charge in [-0.1, -0.05) is 42.0 Å². The summed E-state index contributed by atoms with van der Waals surface area (Å²) in [7, 11) is 0. The van der Waals surface area contributed by atoms with E-state index in [1.54, 1.807) is 18.2 Å². The Morgan fingerprint density at radius 1 is 1.12 bits per heavy atom. The monoisotopic (exact) mass is 349 g/mol. The second-order valence-electron chi connectivity index (χ2n) is 6.50. The summed E-state index contributed by atoms with van der Waals surface area (Å²) in [6.07, 6.45) is 0. The molecule has 3 rings (SSSR count). The van der Waals surface area contributed by atoms with Crippen LogP contribution >= 0.6 is 0 Å². The molecular weight excluding hydrogens is 326 g/mol. The van der Waals surface area contributed by atoms with E-state index in [-0.39, 0.29) is 17.2 Å². The van der Waals surface area contributed by atoms with Crippen molar-refractivity contribution in [2.75, 3.05) is 0 Å². The van der Waals surface area contributed by atoms with E-state index in [1.807, 2.05) is 43.7 Å². The lowest BCUT2D eigenvalue weighted by Gasteiger charge is -2.09. The summed E-state index contributed by atoms with van der Waals surface area (Å²) in [6, 6.07) is 15.1. The van der Waals surface area contributed by atoms with Crippen molar-refractivity contribution in [2.45, 2.75) is 33.9 Å². The van der Waals surface area contributed by atoms with Gasteiger partial charge in [0.1, 0.15) is 5.75 Å². The van der Waals surface area contributed by atoms with Crippen LogP contribution in [0.4, 0.5) is 0 Å². The minimum Gasteiger partial charge on any atom is -0.507 e. The third-order valence-corrected chi connectivity index (χ3v) is 4.53. The van der Waals surface area contributed by atoms with Crippen LogP contribution in [0.2, 0.25) is 0 Å². The highest BCUT2D eigenvalue weighted by molar-refractivity contribution is 5.96. The Morgan fingerprint density at radius 3 is 2.58 bits per heavy atom. The number of aromatic nitrogens is 2. The molecule has 0 aliphatic rings. The molecular formula is C21H23N3O2. The first kappa shape index (κ1) is 17.7. The summed E-state index contributed by atoms with van der Waals surface area (Å²) in [5.74, 6) is -0.304. The third-order valence-electron chi connectivity index (χ3n) is 4.53. The van der Waals surface area contributed by atoms with Crippen molar-refractivity contribution in [3.8, 4) is 5.75 Å². The predicted molar refractivity (Wildman–Crippen MR) is 101 cm³/mol. The van der Waals surface area contributed by atoms with Crippen LogP contribution in [0.15, 0.2) is 48.5 Å². The molecule has 0 fully saturated rings. The van der Waals surface area contributed by atoms with Crippen molar-refractivity contribution in [3.63, 3.8) is 0 Å². The summed E-state index contributed by atoms with van der Waals surface area (Å²) in [6.45, 7) is 6.91. The fraction of sp³-hybridized carbons (Fsp3) is 0.238. The second-order valence-corrected chi connectivity index (χ2v) is 6.50. The Hall–Kier alpha value is -3.08. The predicted octanol–water partition coefficient (Wildman–Crippen LogP) is 3.49. The normalized spacial score (nSPS) is 10.7. The van der Waals surface area contributed by atoms with Crippen molar-refractivity contribution in [2.24, 2.45) is 0 Å². The number of phenolic OH excluding ortho intramolecular Hbond substituents is 1. The summed E-state index contributed by atoms with van der Waals surface area (Å²) in [5.41, 5.74) is 5.32. The fourth-order valence-electron chi connectivity index (χ4n) is 3.00. The maximum absolute atomic E-state index is 12.4. The Labute approximate surface area is 153 Å². The molecule has 0 radical (unpaired) electrons. The van der Waals surface area contributed by atoms with E-state index in [9.17, 15) is 9.90 Å². The lowest BCUT2D eigenvalue weighted by molar-refractivity contribution is 0.0948. The van der Waals surface area contributed by atoms with Gasteiger partial charge in [-0.05, 0) is 38.5 Å². The first-order chi connectivity index (χ1) is 12.5. The van der Waals surface area contributed by atoms with Gasteiger partial charge in [0, 0.05) is 17.8 Å². The highest BCUT2D eigenvalue weighted by Gasteiger charge is 2.15. The standard InChI is InChI=1S/C21H23N3O2/c1-14-9-10-20(25)18(11-14)21(26)22-12-19-15(2)23-24(16(19)3)13-17-7-5-4-6-8-17/h4-11,25H,12-13H2,1-3H3,(H,22,26). The quantitative estimate of drug-likeness (QED) is 0.741. The molecule has 0 aliphatic heterocycles. The zero-order chi connectivity index (χ0) is 18.7. The molecule has 0 unspecified atom stereocenters. The number of nitrogens with zero attached hydrogens (tertiary/aromatic N) is 2. The molecule has 2 N–H and O–H groups in total. The van der Waals surface area contributed by atoms with E-state index >= 15 is 0 Å². The second kappa shape index (κ2) is 7.44. The van der Waals surface area contributed by atoms with Crippen molar-refractivity contribution in [3.05, 3.63) is 82.2 Å². The number of benzene rings is 2. The van der Waals surface area contributed by atoms with Gasteiger partial charge in [0.15, 0.2) is 0 Å². The first-order valence-corrected chi connectivity index (χ1v) is 8.60. The van der Waals surface area contributed by atoms with Crippen molar-refractivity contribution in [1.29, 1.82) is 0 Å². The van der Waals surface area contributed by atoms with Crippen LogP contribution in [0, 0.1) is 20.8 Å². The van der Waals surface area contributed by atoms with Gasteiger partial charge in [-0.2, -0.15) is 5.10 Å². The Balaban J connectivity index is 1.74. The maximum Gasteiger partial charge on any atom is 0.255 e. The Kier molecular flexibility index (Phi) is 5.07. The van der Waals surface area contributed by atoms with Crippen LogP contribution in [0.1, 0.15) is 38.4 Å². The molecule has 1 heterocycles. The van der Waals surface area contributed by atoms with Crippen LogP contribution in [0.5, 0.6) is 5.75 Å². The molecule has 1 amide bonds. The van der Waals surface area contributed by atoms with E-state index in [2.05, 4.69) is 22.5 Å². The number of phenols is 1. The molecule has 0 aliphatic carbocycles. The van der Waals surface area contributed by atoms with Crippen LogP contribution in [0.25, 0.3) is 0 Å². The minimum absolute atomic E-state index is 0.0127. The van der Waals surface area contributed by atoms with Crippen molar-refractivity contribution in [1.82, 2.24) is 15.1 Å². The summed E-state index contributed by atoms with van der Waals surface area (Å²) >= 11 is 0. The van der Waals surface area contributed by atoms with E-state index in [0.717, 1.165) is 22.5 Å². The summed E-state index contributed by atoms with van der Waals surface area (Å²) in [5, 5.41) is 17.4. The number of aromatic hydroxyl groups is 1. The van der Waals surface area contributed by atoms with E-state index in [0.29, 0.717) is 13.1 Å². The van der Waals surface area contributed by atoms with Gasteiger partial charge < -0.3 is 10.4 Å². The Bertz CT molecular complexity index is 930. The number of hydrogen-bond acceptors (Lipinski definition) is 3. The maximum atomic E-state index is 12.4. The van der Waals surface area contributed by atoms with E-state index in [4.69, 9.17) is 0 Å². The van der Waals surface area contributed by atoms with Gasteiger partial charge >= 0.3 is 0 Å². The number of amides is 1. The third kappa shape index (κ3) is 3.77. The van der Waals surface area contributed by atoms with Gasteiger partial charge in [-0.25, -0.2) is 0 Å². The van der Waals surface area contributed by atoms with Crippen LogP contribution < -0.4 is 5.32 Å². The van der Waals surface area contributed by atoms with Crippen LogP contribution in [0.3, 0.4) is 0 Å². The molecule has 1 aromatic heterocycles. The number of hydrogen-bond donors (Lipinski definition) is 2. The SMILES string of the molecule is Cc1ccc(O)c(C(=O)NCc2c(C)nn(Cc3ccccc3)c2C)c1. The fourth-order valence-corrected chi connectivity index (χ4v) is 3.00. The van der Waals surface area contributed by atoms with Crippen molar-refractivity contribution < 1.29 is 9.90 Å². The molecule has 0 saturated heterocycles. The van der Waals surface area contributed by atoms with Crippen LogP contribution in [-0.4, -0.2) is 20.8 Å². The van der Waals surface area contributed by atoms with Crippen molar-refractivity contribution >= 4 is 5.91 Å². The minimum atomic E-state index is -0.291. The summed E-state index contributed by atoms with van der Waals surface area (Å²) in [4.78, 5) is 12.4. The van der Waals surface area contributed by atoms with Gasteiger partial charge in [0.25, 0.3) is 5.91 Å². The van der Waals surface area contributed by atoms with Gasteiger partial charge in [-0.15, -0.1) is 0 Å². The number of aryl methyl sites for hydroxylation is 2. The largest absolute Gasteiger partial charge is 0.507 e. The van der Waals surface area contributed by atoms with Gasteiger partial charge in [0.2, 0.25) is 0 Å². The molecule has 134 valence electrons. The van der Waals surface area contributed by atoms with Gasteiger partial charge in [0.05, 0.1) is 17.8 Å². The smallest absolute Gasteiger partial charge is 0.255 e. The van der Waals surface area contributed by atoms with E-state index in [1.165, 1.54) is 5.56 Å². The summed E-state index contributed by atoms with van der Waals surface area (Å²) < 4.78 is 1.95. The average molecular weight is 349 g/mol. The van der Waals surface area contributed by atoms with Gasteiger partial charge in [-0.3, -0.25) is 9.48 Å². The molecule has 0 bridgehead atoms. The van der Waals surface area contributed by atoms with E-state index < -0.39 is 0 Å². The topological polar surface area (TPSA) is 67.2 Å². The number of carbonyl (C=O) groups excluding carboxylic acids is 1. The average Bonchev–Trinajstić information content (AvgIpc) is 2.89. The molecule has 0 atom stereocenters. The number of nitrogens with one attached hydrogen (secondary N) is 1. The molecule has 5 nitrogen and oxygen atoms in total. The molecule has 3 aromatic rings.